The fourth-order valence-corrected chi connectivity index (χ4v) is 3.07. The average Bonchev–Trinajstić information content (AvgIpc) is 3.41. The summed E-state index contributed by atoms with van der Waals surface area (Å²) in [7, 11) is 0. The van der Waals surface area contributed by atoms with Crippen LogP contribution in [0, 0.1) is 0 Å². The Morgan fingerprint density at radius 2 is 1.48 bits per heavy atom. The lowest BCUT2D eigenvalue weighted by Crippen LogP contribution is -2.11. The summed E-state index contributed by atoms with van der Waals surface area (Å²) in [6.07, 6.45) is 0. The van der Waals surface area contributed by atoms with Crippen molar-refractivity contribution >= 4 is 22.9 Å². The van der Waals surface area contributed by atoms with Crippen molar-refractivity contribution in [2.75, 3.05) is 5.32 Å². The molecule has 2 heterocycles. The minimum absolute atomic E-state index is 0.0117. The summed E-state index contributed by atoms with van der Waals surface area (Å²) < 4.78 is 11.2. The second-order valence-corrected chi connectivity index (χ2v) is 6.46. The molecule has 0 spiro atoms. The second kappa shape index (κ2) is 7.09. The molecule has 0 aliphatic rings. The normalized spacial score (nSPS) is 10.9. The van der Waals surface area contributed by atoms with Gasteiger partial charge in [0.1, 0.15) is 5.58 Å². The van der Waals surface area contributed by atoms with Crippen LogP contribution in [0.25, 0.3) is 33.7 Å². The van der Waals surface area contributed by atoms with E-state index >= 15 is 0 Å². The van der Waals surface area contributed by atoms with Crippen molar-refractivity contribution in [2.45, 2.75) is 0 Å². The van der Waals surface area contributed by atoms with Gasteiger partial charge in [-0.3, -0.25) is 10.1 Å². The van der Waals surface area contributed by atoms with Crippen molar-refractivity contribution in [2.24, 2.45) is 0 Å². The summed E-state index contributed by atoms with van der Waals surface area (Å²) in [5, 5.41) is 11.4. The zero-order chi connectivity index (χ0) is 19.6. The Labute approximate surface area is 165 Å². The van der Waals surface area contributed by atoms with E-state index in [-0.39, 0.29) is 17.8 Å². The Hall–Kier alpha value is -4.19. The molecule has 3 aromatic carbocycles. The molecule has 6 nitrogen and oxygen atoms in total. The van der Waals surface area contributed by atoms with Crippen LogP contribution in [0.3, 0.4) is 0 Å². The molecule has 0 aliphatic heterocycles. The number of amides is 1. The van der Waals surface area contributed by atoms with Gasteiger partial charge in [-0.25, -0.2) is 0 Å². The lowest BCUT2D eigenvalue weighted by Gasteiger charge is -2.04. The molecule has 0 aliphatic carbocycles. The van der Waals surface area contributed by atoms with Crippen molar-refractivity contribution < 1.29 is 13.6 Å². The third-order valence-electron chi connectivity index (χ3n) is 4.54. The fourth-order valence-electron chi connectivity index (χ4n) is 3.07. The van der Waals surface area contributed by atoms with Gasteiger partial charge in [0.2, 0.25) is 0 Å². The first-order chi connectivity index (χ1) is 14.3. The molecular weight excluding hydrogens is 366 g/mol. The number of furan rings is 1. The highest BCUT2D eigenvalue weighted by Crippen LogP contribution is 2.27. The molecule has 140 valence electrons. The van der Waals surface area contributed by atoms with Crippen molar-refractivity contribution in [3.05, 3.63) is 90.5 Å². The van der Waals surface area contributed by atoms with Crippen LogP contribution in [0.5, 0.6) is 0 Å². The van der Waals surface area contributed by atoms with Crippen molar-refractivity contribution in [1.29, 1.82) is 0 Å². The molecule has 0 bridgehead atoms. The van der Waals surface area contributed by atoms with Gasteiger partial charge in [0, 0.05) is 10.9 Å². The molecule has 1 amide bonds. The van der Waals surface area contributed by atoms with E-state index in [0.717, 1.165) is 22.1 Å². The third-order valence-corrected chi connectivity index (χ3v) is 4.54. The topological polar surface area (TPSA) is 81.2 Å². The molecule has 2 aromatic heterocycles. The number of carbonyl (C=O) groups is 1. The number of nitrogens with zero attached hydrogens (tertiary/aromatic N) is 2. The average molecular weight is 381 g/mol. The molecule has 0 radical (unpaired) electrons. The molecule has 5 rings (SSSR count). The highest BCUT2D eigenvalue weighted by Gasteiger charge is 2.16. The SMILES string of the molecule is O=C(Nc1nnc(-c2cc3ccccc3o2)o1)c1ccc(-c2ccccc2)cc1. The monoisotopic (exact) mass is 381 g/mol. The maximum Gasteiger partial charge on any atom is 0.322 e. The van der Waals surface area contributed by atoms with E-state index in [1.165, 1.54) is 0 Å². The summed E-state index contributed by atoms with van der Waals surface area (Å²) >= 11 is 0. The highest BCUT2D eigenvalue weighted by molar-refractivity contribution is 6.03. The van der Waals surface area contributed by atoms with Gasteiger partial charge in [-0.05, 0) is 35.4 Å². The van der Waals surface area contributed by atoms with Gasteiger partial charge in [0.15, 0.2) is 5.76 Å². The molecule has 0 saturated heterocycles. The lowest BCUT2D eigenvalue weighted by molar-refractivity contribution is 0.102. The Kier molecular flexibility index (Phi) is 4.14. The predicted octanol–water partition coefficient (Wildman–Crippen LogP) is 5.40. The van der Waals surface area contributed by atoms with Crippen molar-refractivity contribution in [3.8, 4) is 22.8 Å². The Morgan fingerprint density at radius 3 is 2.28 bits per heavy atom. The summed E-state index contributed by atoms with van der Waals surface area (Å²) in [4.78, 5) is 12.5. The summed E-state index contributed by atoms with van der Waals surface area (Å²) in [6, 6.07) is 26.7. The van der Waals surface area contributed by atoms with E-state index in [9.17, 15) is 4.79 Å². The maximum absolute atomic E-state index is 12.5. The van der Waals surface area contributed by atoms with E-state index in [4.69, 9.17) is 8.83 Å². The highest BCUT2D eigenvalue weighted by atomic mass is 16.4. The van der Waals surface area contributed by atoms with Crippen LogP contribution in [-0.4, -0.2) is 16.1 Å². The van der Waals surface area contributed by atoms with Crippen LogP contribution in [0.2, 0.25) is 0 Å². The zero-order valence-electron chi connectivity index (χ0n) is 15.2. The molecule has 0 fully saturated rings. The van der Waals surface area contributed by atoms with Gasteiger partial charge in [-0.15, -0.1) is 5.10 Å². The first kappa shape index (κ1) is 16.9. The second-order valence-electron chi connectivity index (χ2n) is 6.46. The quantitative estimate of drug-likeness (QED) is 0.451. The van der Waals surface area contributed by atoms with Crippen LogP contribution < -0.4 is 5.32 Å². The van der Waals surface area contributed by atoms with E-state index in [1.807, 2.05) is 72.8 Å². The van der Waals surface area contributed by atoms with Gasteiger partial charge < -0.3 is 8.83 Å². The Morgan fingerprint density at radius 1 is 0.759 bits per heavy atom. The first-order valence-corrected chi connectivity index (χ1v) is 9.05. The number of rotatable bonds is 4. The zero-order valence-corrected chi connectivity index (χ0v) is 15.2. The molecule has 1 N–H and O–H groups in total. The molecule has 5 aromatic rings. The minimum atomic E-state index is -0.329. The Balaban J connectivity index is 1.32. The van der Waals surface area contributed by atoms with E-state index in [0.29, 0.717) is 11.3 Å². The number of aromatic nitrogens is 2. The molecule has 0 atom stereocenters. The third kappa shape index (κ3) is 3.39. The fraction of sp³-hybridized carbons (Fsp3) is 0. The van der Waals surface area contributed by atoms with Crippen LogP contribution in [-0.2, 0) is 0 Å². The van der Waals surface area contributed by atoms with Gasteiger partial charge in [-0.2, -0.15) is 0 Å². The number of benzene rings is 3. The number of hydrogen-bond donors (Lipinski definition) is 1. The molecule has 0 saturated carbocycles. The smallest absolute Gasteiger partial charge is 0.322 e. The van der Waals surface area contributed by atoms with Gasteiger partial charge in [0.25, 0.3) is 11.8 Å². The van der Waals surface area contributed by atoms with Gasteiger partial charge >= 0.3 is 6.01 Å². The predicted molar refractivity (Wildman–Crippen MR) is 109 cm³/mol. The van der Waals surface area contributed by atoms with E-state index < -0.39 is 0 Å². The largest absolute Gasteiger partial charge is 0.451 e. The molecule has 29 heavy (non-hydrogen) atoms. The molecule has 6 heteroatoms. The van der Waals surface area contributed by atoms with Crippen LogP contribution in [0.4, 0.5) is 6.01 Å². The number of hydrogen-bond acceptors (Lipinski definition) is 5. The number of carbonyl (C=O) groups excluding carboxylic acids is 1. The van der Waals surface area contributed by atoms with Crippen molar-refractivity contribution in [1.82, 2.24) is 10.2 Å². The minimum Gasteiger partial charge on any atom is -0.451 e. The lowest BCUT2D eigenvalue weighted by atomic mass is 10.0. The van der Waals surface area contributed by atoms with E-state index in [2.05, 4.69) is 15.5 Å². The van der Waals surface area contributed by atoms with E-state index in [1.54, 1.807) is 12.1 Å². The summed E-state index contributed by atoms with van der Waals surface area (Å²) in [6.45, 7) is 0. The standard InChI is InChI=1S/C23H15N3O3/c27-21(17-12-10-16(11-13-17)15-6-2-1-3-7-15)24-23-26-25-22(29-23)20-14-18-8-4-5-9-19(18)28-20/h1-14H,(H,24,26,27). The number of nitrogens with one attached hydrogen (secondary N) is 1. The van der Waals surface area contributed by atoms with Crippen LogP contribution in [0.1, 0.15) is 10.4 Å². The maximum atomic E-state index is 12.5. The van der Waals surface area contributed by atoms with Gasteiger partial charge in [-0.1, -0.05) is 65.8 Å². The van der Waals surface area contributed by atoms with Crippen molar-refractivity contribution in [3.63, 3.8) is 0 Å². The van der Waals surface area contributed by atoms with Gasteiger partial charge in [0.05, 0.1) is 0 Å². The number of fused-ring (bicyclic) bond motifs is 1. The first-order valence-electron chi connectivity index (χ1n) is 9.05. The summed E-state index contributed by atoms with van der Waals surface area (Å²) in [5.74, 6) is 0.326. The number of para-hydroxylation sites is 1. The van der Waals surface area contributed by atoms with Crippen LogP contribution >= 0.6 is 0 Å². The molecule has 0 unspecified atom stereocenters. The Bertz CT molecular complexity index is 1250. The van der Waals surface area contributed by atoms with Crippen LogP contribution in [0.15, 0.2) is 93.8 Å². The molecular formula is C23H15N3O3. The summed E-state index contributed by atoms with van der Waals surface area (Å²) in [5.41, 5.74) is 3.34. The number of anilines is 1.